The van der Waals surface area contributed by atoms with Gasteiger partial charge in [-0.05, 0) is 39.4 Å². The first-order valence-electron chi connectivity index (χ1n) is 4.14. The summed E-state index contributed by atoms with van der Waals surface area (Å²) in [6, 6.07) is 0. The molecular weight excluding hydrogens is 124 g/mol. The van der Waals surface area contributed by atoms with Gasteiger partial charge in [-0.3, -0.25) is 0 Å². The van der Waals surface area contributed by atoms with Crippen LogP contribution in [0.1, 0.15) is 26.2 Å². The third kappa shape index (κ3) is 2.27. The van der Waals surface area contributed by atoms with Gasteiger partial charge >= 0.3 is 0 Å². The first-order chi connectivity index (χ1) is 4.66. The van der Waals surface area contributed by atoms with Crippen LogP contribution >= 0.6 is 0 Å². The molecule has 0 spiro atoms. The lowest BCUT2D eigenvalue weighted by molar-refractivity contribution is 0.330. The summed E-state index contributed by atoms with van der Waals surface area (Å²) in [4.78, 5) is 2.31. The maximum Gasteiger partial charge on any atom is 0.0167 e. The van der Waals surface area contributed by atoms with E-state index >= 15 is 0 Å². The van der Waals surface area contributed by atoms with Gasteiger partial charge < -0.3 is 10.6 Å². The third-order valence-corrected chi connectivity index (χ3v) is 2.42. The summed E-state index contributed by atoms with van der Waals surface area (Å²) < 4.78 is 0. The Kier molecular flexibility index (Phi) is 2.32. The molecule has 0 amide bonds. The Morgan fingerprint density at radius 2 is 2.10 bits per heavy atom. The first kappa shape index (κ1) is 8.02. The van der Waals surface area contributed by atoms with Crippen molar-refractivity contribution in [3.8, 4) is 0 Å². The van der Waals surface area contributed by atoms with Gasteiger partial charge in [-0.1, -0.05) is 6.92 Å². The highest BCUT2D eigenvalue weighted by Crippen LogP contribution is 2.35. The number of rotatable bonds is 4. The van der Waals surface area contributed by atoms with Crippen molar-refractivity contribution in [2.45, 2.75) is 31.7 Å². The van der Waals surface area contributed by atoms with E-state index in [0.717, 1.165) is 13.1 Å². The molecule has 1 fully saturated rings. The van der Waals surface area contributed by atoms with E-state index in [9.17, 15) is 0 Å². The van der Waals surface area contributed by atoms with Crippen LogP contribution in [0.4, 0.5) is 0 Å². The van der Waals surface area contributed by atoms with E-state index in [1.165, 1.54) is 19.3 Å². The van der Waals surface area contributed by atoms with Gasteiger partial charge in [0.25, 0.3) is 0 Å². The van der Waals surface area contributed by atoms with Crippen molar-refractivity contribution in [3.05, 3.63) is 0 Å². The van der Waals surface area contributed by atoms with Crippen molar-refractivity contribution in [1.29, 1.82) is 0 Å². The zero-order chi connectivity index (χ0) is 7.61. The fourth-order valence-electron chi connectivity index (χ4n) is 0.982. The van der Waals surface area contributed by atoms with Crippen LogP contribution in [0, 0.1) is 0 Å². The second-order valence-electron chi connectivity index (χ2n) is 3.51. The van der Waals surface area contributed by atoms with E-state index in [0.29, 0.717) is 0 Å². The summed E-state index contributed by atoms with van der Waals surface area (Å²) in [5.41, 5.74) is 6.16. The smallest absolute Gasteiger partial charge is 0.0167 e. The molecule has 0 aliphatic heterocycles. The highest BCUT2D eigenvalue weighted by atomic mass is 15.1. The van der Waals surface area contributed by atoms with Crippen LogP contribution < -0.4 is 5.73 Å². The molecule has 60 valence electrons. The molecule has 0 heterocycles. The number of nitrogens with zero attached hydrogens (tertiary/aromatic N) is 1. The molecule has 1 rings (SSSR count). The molecule has 0 aromatic rings. The molecule has 0 radical (unpaired) electrons. The van der Waals surface area contributed by atoms with E-state index in [-0.39, 0.29) is 5.54 Å². The maximum absolute atomic E-state index is 5.92. The topological polar surface area (TPSA) is 29.3 Å². The highest BCUT2D eigenvalue weighted by Gasteiger charge is 2.37. The van der Waals surface area contributed by atoms with E-state index in [1.807, 2.05) is 0 Å². The summed E-state index contributed by atoms with van der Waals surface area (Å²) >= 11 is 0. The van der Waals surface area contributed by atoms with Gasteiger partial charge in [0, 0.05) is 5.54 Å². The minimum absolute atomic E-state index is 0.240. The fourth-order valence-corrected chi connectivity index (χ4v) is 0.982. The molecule has 0 unspecified atom stereocenters. The second-order valence-corrected chi connectivity index (χ2v) is 3.51. The molecule has 0 atom stereocenters. The fraction of sp³-hybridized carbons (Fsp3) is 1.00. The Bertz CT molecular complexity index is 108. The van der Waals surface area contributed by atoms with Crippen molar-refractivity contribution in [3.63, 3.8) is 0 Å². The molecule has 0 saturated heterocycles. The largest absolute Gasteiger partial charge is 0.325 e. The molecular formula is C8H18N2. The van der Waals surface area contributed by atoms with Gasteiger partial charge in [0.15, 0.2) is 0 Å². The molecule has 1 saturated carbocycles. The van der Waals surface area contributed by atoms with Crippen LogP contribution in [0.15, 0.2) is 0 Å². The number of hydrogen-bond donors (Lipinski definition) is 1. The van der Waals surface area contributed by atoms with Crippen LogP contribution in [0.2, 0.25) is 0 Å². The SMILES string of the molecule is CCN(C)CCC1(N)CC1. The normalized spacial score (nSPS) is 21.6. The molecule has 2 N–H and O–H groups in total. The zero-order valence-corrected chi connectivity index (χ0v) is 7.06. The molecule has 2 heteroatoms. The van der Waals surface area contributed by atoms with Crippen molar-refractivity contribution in [1.82, 2.24) is 4.90 Å². The predicted molar refractivity (Wildman–Crippen MR) is 43.9 cm³/mol. The standard InChI is InChI=1S/C8H18N2/c1-3-10(2)7-6-8(9)4-5-8/h3-7,9H2,1-2H3. The van der Waals surface area contributed by atoms with Crippen molar-refractivity contribution in [2.24, 2.45) is 5.73 Å². The van der Waals surface area contributed by atoms with Crippen LogP contribution in [0.5, 0.6) is 0 Å². The Hall–Kier alpha value is -0.0800. The minimum atomic E-state index is 0.240. The molecule has 10 heavy (non-hydrogen) atoms. The Balaban J connectivity index is 2.04. The van der Waals surface area contributed by atoms with Gasteiger partial charge in [-0.25, -0.2) is 0 Å². The molecule has 0 aromatic heterocycles. The van der Waals surface area contributed by atoms with E-state index in [1.54, 1.807) is 0 Å². The maximum atomic E-state index is 5.92. The summed E-state index contributed by atoms with van der Waals surface area (Å²) in [6.07, 6.45) is 3.66. The quantitative estimate of drug-likeness (QED) is 0.629. The van der Waals surface area contributed by atoms with Crippen molar-refractivity contribution < 1.29 is 0 Å². The molecule has 1 aliphatic carbocycles. The minimum Gasteiger partial charge on any atom is -0.325 e. The van der Waals surface area contributed by atoms with Crippen LogP contribution in [0.3, 0.4) is 0 Å². The van der Waals surface area contributed by atoms with E-state index in [4.69, 9.17) is 5.73 Å². The van der Waals surface area contributed by atoms with Gasteiger partial charge in [0.2, 0.25) is 0 Å². The zero-order valence-electron chi connectivity index (χ0n) is 7.06. The van der Waals surface area contributed by atoms with Crippen LogP contribution in [0.25, 0.3) is 0 Å². The van der Waals surface area contributed by atoms with Crippen molar-refractivity contribution in [2.75, 3.05) is 20.1 Å². The molecule has 0 aromatic carbocycles. The van der Waals surface area contributed by atoms with Gasteiger partial charge in [-0.2, -0.15) is 0 Å². The van der Waals surface area contributed by atoms with Crippen LogP contribution in [-0.4, -0.2) is 30.6 Å². The van der Waals surface area contributed by atoms with Gasteiger partial charge in [-0.15, -0.1) is 0 Å². The first-order valence-corrected chi connectivity index (χ1v) is 4.14. The molecule has 1 aliphatic rings. The van der Waals surface area contributed by atoms with Crippen LogP contribution in [-0.2, 0) is 0 Å². The van der Waals surface area contributed by atoms with Gasteiger partial charge in [0.05, 0.1) is 0 Å². The average Bonchev–Trinajstić information content (AvgIpc) is 2.64. The molecule has 0 bridgehead atoms. The summed E-state index contributed by atoms with van der Waals surface area (Å²) in [6.45, 7) is 4.47. The number of nitrogens with two attached hydrogens (primary N) is 1. The van der Waals surface area contributed by atoms with Gasteiger partial charge in [0.1, 0.15) is 0 Å². The summed E-state index contributed by atoms with van der Waals surface area (Å²) in [5.74, 6) is 0. The molecule has 2 nitrogen and oxygen atoms in total. The second kappa shape index (κ2) is 2.89. The Labute approximate surface area is 63.4 Å². The summed E-state index contributed by atoms with van der Waals surface area (Å²) in [5, 5.41) is 0. The van der Waals surface area contributed by atoms with E-state index in [2.05, 4.69) is 18.9 Å². The lowest BCUT2D eigenvalue weighted by Gasteiger charge is -2.16. The highest BCUT2D eigenvalue weighted by molar-refractivity contribution is 4.98. The third-order valence-electron chi connectivity index (χ3n) is 2.42. The Morgan fingerprint density at radius 3 is 2.50 bits per heavy atom. The average molecular weight is 142 g/mol. The van der Waals surface area contributed by atoms with E-state index < -0.39 is 0 Å². The Morgan fingerprint density at radius 1 is 1.50 bits per heavy atom. The lowest BCUT2D eigenvalue weighted by atomic mass is 10.2. The lowest BCUT2D eigenvalue weighted by Crippen LogP contribution is -2.29. The number of hydrogen-bond acceptors (Lipinski definition) is 2. The summed E-state index contributed by atoms with van der Waals surface area (Å²) in [7, 11) is 2.14. The van der Waals surface area contributed by atoms with Crippen molar-refractivity contribution >= 4 is 0 Å². The predicted octanol–water partition coefficient (Wildman–Crippen LogP) is 0.819. The monoisotopic (exact) mass is 142 g/mol.